The van der Waals surface area contributed by atoms with Gasteiger partial charge in [-0.05, 0) is 43.2 Å². The molecule has 2 aromatic carbocycles. The first-order chi connectivity index (χ1) is 16.8. The molecule has 1 aliphatic heterocycles. The minimum Gasteiger partial charge on any atom is -0.481 e. The van der Waals surface area contributed by atoms with Crippen molar-refractivity contribution in [3.63, 3.8) is 0 Å². The van der Waals surface area contributed by atoms with E-state index in [1.165, 1.54) is 0 Å². The van der Waals surface area contributed by atoms with E-state index in [0.29, 0.717) is 17.0 Å². The van der Waals surface area contributed by atoms with Gasteiger partial charge in [-0.15, -0.1) is 0 Å². The van der Waals surface area contributed by atoms with E-state index in [9.17, 15) is 14.7 Å². The van der Waals surface area contributed by atoms with Crippen LogP contribution in [0.25, 0.3) is 10.9 Å². The average molecular weight is 560 g/mol. The number of fused-ring (bicyclic) bond motifs is 1. The minimum atomic E-state index is -0.880. The highest BCUT2D eigenvalue weighted by Crippen LogP contribution is 2.32. The van der Waals surface area contributed by atoms with Crippen molar-refractivity contribution < 1.29 is 14.7 Å². The largest absolute Gasteiger partial charge is 0.481 e. The number of halogens is 2. The molecule has 3 N–H and O–H groups in total. The predicted octanol–water partition coefficient (Wildman–Crippen LogP) is 4.75. The van der Waals surface area contributed by atoms with Gasteiger partial charge < -0.3 is 20.6 Å². The van der Waals surface area contributed by atoms with E-state index in [2.05, 4.69) is 31.5 Å². The van der Waals surface area contributed by atoms with Crippen molar-refractivity contribution in [3.05, 3.63) is 68.7 Å². The lowest BCUT2D eigenvalue weighted by Gasteiger charge is -2.30. The third-order valence-corrected chi connectivity index (χ3v) is 7.21. The van der Waals surface area contributed by atoms with Crippen LogP contribution in [-0.2, 0) is 4.79 Å². The molecule has 1 aromatic heterocycles. The van der Waals surface area contributed by atoms with Gasteiger partial charge in [0, 0.05) is 65.5 Å². The summed E-state index contributed by atoms with van der Waals surface area (Å²) in [5.74, 6) is -0.497. The van der Waals surface area contributed by atoms with Crippen LogP contribution in [0.4, 0.5) is 5.82 Å². The Morgan fingerprint density at radius 2 is 1.97 bits per heavy atom. The molecular formula is C26H28BrClN4O3. The van der Waals surface area contributed by atoms with Gasteiger partial charge in [0.2, 0.25) is 0 Å². The van der Waals surface area contributed by atoms with Crippen LogP contribution in [0, 0.1) is 6.92 Å². The normalized spacial score (nSPS) is 14.7. The van der Waals surface area contributed by atoms with Gasteiger partial charge in [0.05, 0.1) is 11.1 Å². The lowest BCUT2D eigenvalue weighted by molar-refractivity contribution is -0.137. The second-order valence-electron chi connectivity index (χ2n) is 8.69. The zero-order valence-electron chi connectivity index (χ0n) is 19.5. The molecular weight excluding hydrogens is 532 g/mol. The standard InChI is InChI=1S/C26H28BrClN4O3/c1-16-24(20-14-18(27)7-8-22(20)31-25(16)32-12-10-29-11-13-32)26(35)30-15-17(6-9-23(33)34)19-4-2-3-5-21(19)28/h2-5,7-8,14,17,29H,6,9-13,15H2,1H3,(H,30,35)(H,33,34)/t17-/m0/s1. The van der Waals surface area contributed by atoms with E-state index < -0.39 is 5.97 Å². The average Bonchev–Trinajstić information content (AvgIpc) is 2.84. The molecule has 7 nitrogen and oxygen atoms in total. The van der Waals surface area contributed by atoms with Crippen molar-refractivity contribution in [3.8, 4) is 0 Å². The maximum atomic E-state index is 13.7. The molecule has 2 heterocycles. The molecule has 9 heteroatoms. The van der Waals surface area contributed by atoms with Crippen molar-refractivity contribution in [2.24, 2.45) is 0 Å². The molecule has 1 saturated heterocycles. The van der Waals surface area contributed by atoms with Crippen molar-refractivity contribution in [2.45, 2.75) is 25.7 Å². The van der Waals surface area contributed by atoms with Gasteiger partial charge in [0.15, 0.2) is 0 Å². The zero-order chi connectivity index (χ0) is 24.9. The summed E-state index contributed by atoms with van der Waals surface area (Å²) in [6.45, 7) is 5.58. The van der Waals surface area contributed by atoms with E-state index in [1.54, 1.807) is 6.07 Å². The monoisotopic (exact) mass is 558 g/mol. The molecule has 1 amide bonds. The Morgan fingerprint density at radius 3 is 2.69 bits per heavy atom. The van der Waals surface area contributed by atoms with Crippen LogP contribution >= 0.6 is 27.5 Å². The molecule has 3 aromatic rings. The Kier molecular flexibility index (Phi) is 8.26. The second kappa shape index (κ2) is 11.4. The fourth-order valence-electron chi connectivity index (χ4n) is 4.57. The van der Waals surface area contributed by atoms with E-state index in [0.717, 1.165) is 58.5 Å². The summed E-state index contributed by atoms with van der Waals surface area (Å²) in [7, 11) is 0. The maximum absolute atomic E-state index is 13.7. The lowest BCUT2D eigenvalue weighted by atomic mass is 9.93. The summed E-state index contributed by atoms with van der Waals surface area (Å²) in [5.41, 5.74) is 3.00. The van der Waals surface area contributed by atoms with E-state index in [-0.39, 0.29) is 24.8 Å². The Morgan fingerprint density at radius 1 is 1.23 bits per heavy atom. The Hall–Kier alpha value is -2.68. The molecule has 1 fully saturated rings. The molecule has 1 aliphatic rings. The number of amides is 1. The number of pyridine rings is 1. The highest BCUT2D eigenvalue weighted by molar-refractivity contribution is 9.10. The maximum Gasteiger partial charge on any atom is 0.303 e. The number of benzene rings is 2. The van der Waals surface area contributed by atoms with Crippen LogP contribution in [0.3, 0.4) is 0 Å². The molecule has 35 heavy (non-hydrogen) atoms. The number of hydrogen-bond acceptors (Lipinski definition) is 5. The SMILES string of the molecule is Cc1c(N2CCNCC2)nc2ccc(Br)cc2c1C(=O)NC[C@H](CCC(=O)O)c1ccccc1Cl. The van der Waals surface area contributed by atoms with Gasteiger partial charge >= 0.3 is 5.97 Å². The van der Waals surface area contributed by atoms with Crippen LogP contribution in [0.5, 0.6) is 0 Å². The first-order valence-corrected chi connectivity index (χ1v) is 12.8. The number of aromatic nitrogens is 1. The topological polar surface area (TPSA) is 94.6 Å². The summed E-state index contributed by atoms with van der Waals surface area (Å²) in [6, 6.07) is 13.1. The Labute approximate surface area is 218 Å². The van der Waals surface area contributed by atoms with E-state index in [1.807, 2.05) is 43.3 Å². The first-order valence-electron chi connectivity index (χ1n) is 11.6. The van der Waals surface area contributed by atoms with Gasteiger partial charge in [0.1, 0.15) is 5.82 Å². The minimum absolute atomic E-state index is 0.0108. The van der Waals surface area contributed by atoms with Gasteiger partial charge in [0.25, 0.3) is 5.91 Å². The van der Waals surface area contributed by atoms with Crippen LogP contribution in [0.15, 0.2) is 46.9 Å². The Balaban J connectivity index is 1.67. The number of nitrogens with zero attached hydrogens (tertiary/aromatic N) is 2. The van der Waals surface area contributed by atoms with Crippen LogP contribution < -0.4 is 15.5 Å². The van der Waals surface area contributed by atoms with Crippen molar-refractivity contribution >= 4 is 56.1 Å². The fourth-order valence-corrected chi connectivity index (χ4v) is 5.22. The molecule has 1 atom stereocenters. The van der Waals surface area contributed by atoms with Crippen LogP contribution in [0.1, 0.15) is 40.2 Å². The zero-order valence-corrected chi connectivity index (χ0v) is 21.8. The van der Waals surface area contributed by atoms with Gasteiger partial charge in [-0.2, -0.15) is 0 Å². The molecule has 0 radical (unpaired) electrons. The van der Waals surface area contributed by atoms with Crippen LogP contribution in [-0.4, -0.2) is 54.7 Å². The highest BCUT2D eigenvalue weighted by atomic mass is 79.9. The molecule has 0 unspecified atom stereocenters. The number of carboxylic acid groups (broad SMARTS) is 1. The van der Waals surface area contributed by atoms with Gasteiger partial charge in [-0.1, -0.05) is 45.7 Å². The quantitative estimate of drug-likeness (QED) is 0.369. The number of piperazine rings is 1. The third kappa shape index (κ3) is 5.94. The number of carbonyl (C=O) groups excluding carboxylic acids is 1. The number of hydrogen-bond donors (Lipinski definition) is 3. The molecule has 0 aliphatic carbocycles. The molecule has 0 bridgehead atoms. The molecule has 184 valence electrons. The summed E-state index contributed by atoms with van der Waals surface area (Å²) in [6.07, 6.45) is 0.357. The summed E-state index contributed by atoms with van der Waals surface area (Å²) < 4.78 is 0.866. The fraction of sp³-hybridized carbons (Fsp3) is 0.346. The smallest absolute Gasteiger partial charge is 0.303 e. The first kappa shape index (κ1) is 25.4. The second-order valence-corrected chi connectivity index (χ2v) is 10.0. The number of carbonyl (C=O) groups is 2. The molecule has 0 spiro atoms. The number of rotatable bonds is 8. The third-order valence-electron chi connectivity index (χ3n) is 6.37. The van der Waals surface area contributed by atoms with Crippen molar-refractivity contribution in [2.75, 3.05) is 37.6 Å². The lowest BCUT2D eigenvalue weighted by Crippen LogP contribution is -2.44. The van der Waals surface area contributed by atoms with Crippen molar-refractivity contribution in [1.82, 2.24) is 15.6 Å². The van der Waals surface area contributed by atoms with Crippen molar-refractivity contribution in [1.29, 1.82) is 0 Å². The number of anilines is 1. The number of carboxylic acids is 1. The predicted molar refractivity (Wildman–Crippen MR) is 143 cm³/mol. The number of aliphatic carboxylic acids is 1. The van der Waals surface area contributed by atoms with Gasteiger partial charge in [-0.3, -0.25) is 9.59 Å². The molecule has 4 rings (SSSR count). The summed E-state index contributed by atoms with van der Waals surface area (Å²) in [5, 5.41) is 17.0. The highest BCUT2D eigenvalue weighted by Gasteiger charge is 2.24. The Bertz CT molecular complexity index is 1250. The summed E-state index contributed by atoms with van der Waals surface area (Å²) >= 11 is 9.93. The van der Waals surface area contributed by atoms with E-state index >= 15 is 0 Å². The number of nitrogens with one attached hydrogen (secondary N) is 2. The van der Waals surface area contributed by atoms with Gasteiger partial charge in [-0.25, -0.2) is 4.98 Å². The summed E-state index contributed by atoms with van der Waals surface area (Å²) in [4.78, 5) is 32.0. The van der Waals surface area contributed by atoms with Crippen LogP contribution in [0.2, 0.25) is 5.02 Å². The van der Waals surface area contributed by atoms with E-state index in [4.69, 9.17) is 16.6 Å². The molecule has 0 saturated carbocycles.